The molecule has 13 heteroatoms. The van der Waals surface area contributed by atoms with E-state index < -0.39 is 29.8 Å². The number of anilines is 1. The SMILES string of the molecule is COc1ccc([C@H](Cc2c(Cl)cncc2Cl)OC(=O)c2ccc(CN(C(=O)O[C@H]3CN4CCC3CC4)c3ccccc3F)c(F)c2)cc1OC. The van der Waals surface area contributed by atoms with Gasteiger partial charge in [-0.3, -0.25) is 14.8 Å². The number of carbonyl (C=O) groups excluding carboxylic acids is 2. The van der Waals surface area contributed by atoms with Gasteiger partial charge in [-0.15, -0.1) is 0 Å². The lowest BCUT2D eigenvalue weighted by Gasteiger charge is -2.44. The summed E-state index contributed by atoms with van der Waals surface area (Å²) in [4.78, 5) is 34.4. The third kappa shape index (κ3) is 7.80. The second-order valence-corrected chi connectivity index (χ2v) is 13.0. The van der Waals surface area contributed by atoms with Crippen molar-refractivity contribution < 1.29 is 37.3 Å². The quantitative estimate of drug-likeness (QED) is 0.144. The van der Waals surface area contributed by atoms with E-state index in [1.165, 1.54) is 56.9 Å². The van der Waals surface area contributed by atoms with E-state index in [4.69, 9.17) is 42.1 Å². The fourth-order valence-corrected chi connectivity index (χ4v) is 6.94. The molecule has 3 fully saturated rings. The van der Waals surface area contributed by atoms with Crippen molar-refractivity contribution in [3.05, 3.63) is 117 Å². The van der Waals surface area contributed by atoms with Gasteiger partial charge in [-0.1, -0.05) is 47.5 Å². The van der Waals surface area contributed by atoms with Gasteiger partial charge in [0, 0.05) is 30.9 Å². The van der Waals surface area contributed by atoms with Crippen molar-refractivity contribution in [1.82, 2.24) is 9.88 Å². The van der Waals surface area contributed by atoms with Crippen LogP contribution < -0.4 is 14.4 Å². The van der Waals surface area contributed by atoms with Gasteiger partial charge in [0.1, 0.15) is 23.8 Å². The van der Waals surface area contributed by atoms with E-state index in [9.17, 15) is 9.59 Å². The van der Waals surface area contributed by atoms with Gasteiger partial charge in [0.2, 0.25) is 0 Å². The summed E-state index contributed by atoms with van der Waals surface area (Å²) < 4.78 is 53.4. The number of para-hydroxylation sites is 1. The molecule has 3 aliphatic heterocycles. The van der Waals surface area contributed by atoms with Gasteiger partial charge in [-0.2, -0.15) is 0 Å². The van der Waals surface area contributed by atoms with Gasteiger partial charge in [0.15, 0.2) is 11.5 Å². The summed E-state index contributed by atoms with van der Waals surface area (Å²) >= 11 is 12.8. The van der Waals surface area contributed by atoms with Crippen LogP contribution in [0.25, 0.3) is 0 Å². The van der Waals surface area contributed by atoms with E-state index >= 15 is 8.78 Å². The van der Waals surface area contributed by atoms with Crippen LogP contribution in [0, 0.1) is 17.6 Å². The number of fused-ring (bicyclic) bond motifs is 3. The van der Waals surface area contributed by atoms with E-state index in [0.717, 1.165) is 36.9 Å². The van der Waals surface area contributed by atoms with Gasteiger partial charge in [0.25, 0.3) is 0 Å². The van der Waals surface area contributed by atoms with Crippen LogP contribution in [0.2, 0.25) is 10.0 Å². The summed E-state index contributed by atoms with van der Waals surface area (Å²) in [6, 6.07) is 14.6. The molecule has 3 aromatic carbocycles. The van der Waals surface area contributed by atoms with Crippen LogP contribution in [0.5, 0.6) is 11.5 Å². The van der Waals surface area contributed by atoms with E-state index in [-0.39, 0.29) is 51.8 Å². The molecule has 3 saturated heterocycles. The van der Waals surface area contributed by atoms with Crippen LogP contribution in [0.1, 0.15) is 46.0 Å². The Balaban J connectivity index is 1.24. The van der Waals surface area contributed by atoms with E-state index in [1.54, 1.807) is 24.3 Å². The Bertz CT molecular complexity index is 1850. The third-order valence-electron chi connectivity index (χ3n) is 9.20. The zero-order chi connectivity index (χ0) is 35.4. The molecule has 1 aromatic heterocycles. The Morgan fingerprint density at radius 1 is 0.940 bits per heavy atom. The molecule has 0 aliphatic carbocycles. The Morgan fingerprint density at radius 3 is 2.30 bits per heavy atom. The highest BCUT2D eigenvalue weighted by Gasteiger charge is 2.38. The van der Waals surface area contributed by atoms with Crippen molar-refractivity contribution in [2.45, 2.75) is 38.0 Å². The predicted molar refractivity (Wildman–Crippen MR) is 184 cm³/mol. The highest BCUT2D eigenvalue weighted by Crippen LogP contribution is 2.36. The molecule has 262 valence electrons. The molecule has 50 heavy (non-hydrogen) atoms. The first-order valence-corrected chi connectivity index (χ1v) is 16.8. The van der Waals surface area contributed by atoms with Crippen LogP contribution in [0.3, 0.4) is 0 Å². The highest BCUT2D eigenvalue weighted by atomic mass is 35.5. The summed E-state index contributed by atoms with van der Waals surface area (Å²) in [5.74, 6) is -1.18. The number of halogens is 4. The second-order valence-electron chi connectivity index (χ2n) is 12.2. The van der Waals surface area contributed by atoms with Gasteiger partial charge in [0.05, 0.1) is 42.1 Å². The number of esters is 1. The van der Waals surface area contributed by atoms with Crippen molar-refractivity contribution in [1.29, 1.82) is 0 Å². The number of piperidine rings is 3. The summed E-state index contributed by atoms with van der Waals surface area (Å²) in [5.41, 5.74) is 0.946. The number of carbonyl (C=O) groups is 2. The molecule has 1 amide bonds. The molecule has 0 saturated carbocycles. The molecule has 4 heterocycles. The minimum atomic E-state index is -0.930. The molecule has 4 aromatic rings. The molecule has 0 radical (unpaired) electrons. The molecule has 0 N–H and O–H groups in total. The lowest BCUT2D eigenvalue weighted by molar-refractivity contribution is -0.0312. The summed E-state index contributed by atoms with van der Waals surface area (Å²) in [6.45, 7) is 2.18. The minimum absolute atomic E-state index is 0.0439. The molecule has 0 unspecified atom stereocenters. The summed E-state index contributed by atoms with van der Waals surface area (Å²) in [7, 11) is 2.98. The van der Waals surface area contributed by atoms with Gasteiger partial charge in [-0.25, -0.2) is 18.4 Å². The molecule has 2 atom stereocenters. The number of methoxy groups -OCH3 is 2. The molecule has 0 spiro atoms. The lowest BCUT2D eigenvalue weighted by atomic mass is 9.86. The standard InChI is InChI=1S/C37H35Cl2F2N3O6/c1-47-32-10-9-23(16-34(32)48-2)33(17-26-27(38)18-42-19-28(26)39)49-36(45)24-7-8-25(30(41)15-24)20-44(31-6-4-3-5-29(31)40)37(46)50-35-21-43-13-11-22(35)12-14-43/h3-10,15-16,18-19,22,33,35H,11-14,17,20-21H2,1-2H3/t33-,35-/m0/s1. The Hall–Kier alpha value is -4.45. The van der Waals surface area contributed by atoms with Crippen LogP contribution in [-0.2, 0) is 22.4 Å². The van der Waals surface area contributed by atoms with Crippen molar-refractivity contribution in [2.24, 2.45) is 5.92 Å². The number of hydrogen-bond donors (Lipinski definition) is 0. The minimum Gasteiger partial charge on any atom is -0.493 e. The molecule has 9 nitrogen and oxygen atoms in total. The number of aromatic nitrogens is 1. The predicted octanol–water partition coefficient (Wildman–Crippen LogP) is 8.06. The van der Waals surface area contributed by atoms with E-state index in [0.29, 0.717) is 29.2 Å². The van der Waals surface area contributed by atoms with Crippen molar-refractivity contribution in [3.63, 3.8) is 0 Å². The van der Waals surface area contributed by atoms with Gasteiger partial charge < -0.3 is 18.9 Å². The van der Waals surface area contributed by atoms with E-state index in [1.807, 2.05) is 0 Å². The smallest absolute Gasteiger partial charge is 0.415 e. The van der Waals surface area contributed by atoms with Crippen LogP contribution in [0.15, 0.2) is 73.1 Å². The lowest BCUT2D eigenvalue weighted by Crippen LogP contribution is -2.53. The largest absolute Gasteiger partial charge is 0.493 e. The molecule has 2 bridgehead atoms. The van der Waals surface area contributed by atoms with Crippen LogP contribution >= 0.6 is 23.2 Å². The van der Waals surface area contributed by atoms with Crippen molar-refractivity contribution in [3.8, 4) is 11.5 Å². The second kappa shape index (κ2) is 15.6. The fourth-order valence-electron chi connectivity index (χ4n) is 6.43. The average molecular weight is 727 g/mol. The molecule has 3 aliphatic rings. The van der Waals surface area contributed by atoms with Gasteiger partial charge in [-0.05, 0) is 79.4 Å². The first-order valence-electron chi connectivity index (χ1n) is 16.1. The Morgan fingerprint density at radius 2 is 1.66 bits per heavy atom. The van der Waals surface area contributed by atoms with Crippen LogP contribution in [-0.4, -0.2) is 61.9 Å². The number of hydrogen-bond acceptors (Lipinski definition) is 8. The summed E-state index contributed by atoms with van der Waals surface area (Å²) in [5, 5.41) is 0.557. The number of pyridine rings is 1. The molecular weight excluding hydrogens is 691 g/mol. The zero-order valence-corrected chi connectivity index (χ0v) is 28.9. The Labute approximate surface area is 298 Å². The fraction of sp³-hybridized carbons (Fsp3) is 0.324. The molecular formula is C37H35Cl2F2N3O6. The van der Waals surface area contributed by atoms with Crippen molar-refractivity contribution >= 4 is 41.0 Å². The van der Waals surface area contributed by atoms with Crippen LogP contribution in [0.4, 0.5) is 19.3 Å². The average Bonchev–Trinajstić information content (AvgIpc) is 3.12. The first kappa shape index (κ1) is 35.4. The number of rotatable bonds is 11. The maximum atomic E-state index is 15.8. The summed E-state index contributed by atoms with van der Waals surface area (Å²) in [6.07, 6.45) is 2.73. The van der Waals surface area contributed by atoms with Crippen molar-refractivity contribution in [2.75, 3.05) is 38.8 Å². The normalized spacial score (nSPS) is 18.6. The maximum absolute atomic E-state index is 15.8. The first-order chi connectivity index (χ1) is 24.1. The maximum Gasteiger partial charge on any atom is 0.415 e. The highest BCUT2D eigenvalue weighted by molar-refractivity contribution is 6.35. The molecule has 7 rings (SSSR count). The van der Waals surface area contributed by atoms with E-state index in [2.05, 4.69) is 9.88 Å². The zero-order valence-electron chi connectivity index (χ0n) is 27.4. The number of nitrogens with zero attached hydrogens (tertiary/aromatic N) is 3. The number of ether oxygens (including phenoxy) is 4. The Kier molecular flexibility index (Phi) is 11.1. The number of amides is 1. The number of benzene rings is 3. The van der Waals surface area contributed by atoms with Gasteiger partial charge >= 0.3 is 12.1 Å². The third-order valence-corrected chi connectivity index (χ3v) is 9.85. The topological polar surface area (TPSA) is 90.4 Å². The monoisotopic (exact) mass is 725 g/mol.